The van der Waals surface area contributed by atoms with E-state index in [4.69, 9.17) is 9.47 Å². The number of carbonyl (C=O) groups is 1. The molecule has 122 valence electrons. The highest BCUT2D eigenvalue weighted by atomic mass is 16.5. The van der Waals surface area contributed by atoms with Crippen molar-refractivity contribution in [2.24, 2.45) is 0 Å². The molecule has 0 fully saturated rings. The summed E-state index contributed by atoms with van der Waals surface area (Å²) in [6, 6.07) is 10.1. The lowest BCUT2D eigenvalue weighted by Gasteiger charge is -2.12. The minimum Gasteiger partial charge on any atom is -0.497 e. The van der Waals surface area contributed by atoms with Crippen LogP contribution in [0, 0.1) is 0 Å². The number of aromatic nitrogens is 4. The number of methoxy groups -OCH3 is 2. The lowest BCUT2D eigenvalue weighted by Crippen LogP contribution is -2.02. The summed E-state index contributed by atoms with van der Waals surface area (Å²) in [5, 5.41) is 20.3. The molecule has 0 bridgehead atoms. The Balaban J connectivity index is 2.22. The summed E-state index contributed by atoms with van der Waals surface area (Å²) >= 11 is 0. The maximum Gasteiger partial charge on any atom is 0.335 e. The van der Waals surface area contributed by atoms with Crippen LogP contribution in [-0.2, 0) is 0 Å². The molecule has 2 aromatic carbocycles. The molecule has 0 aliphatic heterocycles. The predicted molar refractivity (Wildman–Crippen MR) is 84.7 cm³/mol. The van der Waals surface area contributed by atoms with Crippen LogP contribution in [0.4, 0.5) is 0 Å². The first-order chi connectivity index (χ1) is 11.6. The number of nitrogens with zero attached hydrogens (tertiary/aromatic N) is 4. The second kappa shape index (κ2) is 6.37. The van der Waals surface area contributed by atoms with Crippen LogP contribution in [0.25, 0.3) is 16.8 Å². The third-order valence-corrected chi connectivity index (χ3v) is 3.50. The largest absolute Gasteiger partial charge is 0.497 e. The molecule has 0 saturated carbocycles. The van der Waals surface area contributed by atoms with Gasteiger partial charge in [-0.3, -0.25) is 0 Å². The van der Waals surface area contributed by atoms with Crippen molar-refractivity contribution in [2.75, 3.05) is 14.2 Å². The molecular weight excluding hydrogens is 312 g/mol. The number of rotatable bonds is 5. The maximum absolute atomic E-state index is 11.5. The van der Waals surface area contributed by atoms with E-state index < -0.39 is 5.97 Å². The second-order valence-electron chi connectivity index (χ2n) is 4.89. The number of hydrogen-bond donors (Lipinski definition) is 1. The summed E-state index contributed by atoms with van der Waals surface area (Å²) in [7, 11) is 3.11. The van der Waals surface area contributed by atoms with Crippen LogP contribution in [0.5, 0.6) is 11.5 Å². The van der Waals surface area contributed by atoms with Gasteiger partial charge in [-0.1, -0.05) is 0 Å². The van der Waals surface area contributed by atoms with Gasteiger partial charge in [0.25, 0.3) is 0 Å². The molecule has 3 rings (SSSR count). The van der Waals surface area contributed by atoms with Gasteiger partial charge in [-0.25, -0.2) is 9.48 Å². The first-order valence-corrected chi connectivity index (χ1v) is 6.96. The number of tetrazole rings is 1. The van der Waals surface area contributed by atoms with Crippen LogP contribution in [0.1, 0.15) is 10.4 Å². The van der Waals surface area contributed by atoms with Crippen molar-refractivity contribution in [1.29, 1.82) is 0 Å². The molecule has 0 unspecified atom stereocenters. The van der Waals surface area contributed by atoms with Crippen LogP contribution >= 0.6 is 0 Å². The van der Waals surface area contributed by atoms with E-state index in [0.717, 1.165) is 0 Å². The highest BCUT2D eigenvalue weighted by Gasteiger charge is 2.14. The lowest BCUT2D eigenvalue weighted by atomic mass is 10.0. The van der Waals surface area contributed by atoms with Gasteiger partial charge >= 0.3 is 5.97 Å². The number of ether oxygens (including phenoxy) is 2. The zero-order chi connectivity index (χ0) is 17.1. The van der Waals surface area contributed by atoms with E-state index in [9.17, 15) is 9.90 Å². The van der Waals surface area contributed by atoms with E-state index in [1.54, 1.807) is 44.6 Å². The lowest BCUT2D eigenvalue weighted by molar-refractivity contribution is 0.0697. The minimum atomic E-state index is -1.05. The molecule has 0 aliphatic carbocycles. The average molecular weight is 326 g/mol. The Morgan fingerprint density at radius 3 is 2.58 bits per heavy atom. The molecule has 1 heterocycles. The summed E-state index contributed by atoms with van der Waals surface area (Å²) in [4.78, 5) is 11.5. The Kier molecular flexibility index (Phi) is 4.11. The number of carboxylic acids is 1. The van der Waals surface area contributed by atoms with Gasteiger partial charge < -0.3 is 14.6 Å². The minimum absolute atomic E-state index is 0.114. The molecule has 24 heavy (non-hydrogen) atoms. The van der Waals surface area contributed by atoms with E-state index >= 15 is 0 Å². The van der Waals surface area contributed by atoms with Gasteiger partial charge in [-0.2, -0.15) is 0 Å². The van der Waals surface area contributed by atoms with Crippen molar-refractivity contribution < 1.29 is 19.4 Å². The molecule has 8 heteroatoms. The number of aromatic carboxylic acids is 1. The van der Waals surface area contributed by atoms with Gasteiger partial charge in [0.1, 0.15) is 17.8 Å². The Morgan fingerprint density at radius 2 is 1.96 bits per heavy atom. The second-order valence-corrected chi connectivity index (χ2v) is 4.89. The molecule has 0 amide bonds. The Bertz CT molecular complexity index is 878. The fourth-order valence-electron chi connectivity index (χ4n) is 2.34. The highest BCUT2D eigenvalue weighted by molar-refractivity contribution is 5.91. The van der Waals surface area contributed by atoms with Crippen LogP contribution in [-0.4, -0.2) is 45.5 Å². The molecule has 0 spiro atoms. The Labute approximate surface area is 137 Å². The third-order valence-electron chi connectivity index (χ3n) is 3.50. The normalized spacial score (nSPS) is 10.4. The SMILES string of the molecule is COc1ccc(OC)c(-c2cc(C(=O)O)cc(-n3cnnn3)c2)c1. The summed E-state index contributed by atoms with van der Waals surface area (Å²) in [6.45, 7) is 0. The fourth-order valence-corrected chi connectivity index (χ4v) is 2.34. The molecule has 0 aliphatic rings. The molecule has 1 N–H and O–H groups in total. The molecule has 0 atom stereocenters. The topological polar surface area (TPSA) is 99.4 Å². The molecule has 0 saturated heterocycles. The standard InChI is InChI=1S/C16H14N4O4/c1-23-13-3-4-15(24-2)14(8-13)10-5-11(16(21)22)7-12(6-10)20-9-17-18-19-20/h3-9H,1-2H3,(H,21,22). The summed E-state index contributed by atoms with van der Waals surface area (Å²) < 4.78 is 12.0. The van der Waals surface area contributed by atoms with Gasteiger partial charge in [-0.15, -0.1) is 5.10 Å². The average Bonchev–Trinajstić information content (AvgIpc) is 3.15. The van der Waals surface area contributed by atoms with Crippen molar-refractivity contribution in [2.45, 2.75) is 0 Å². The third kappa shape index (κ3) is 2.89. The van der Waals surface area contributed by atoms with E-state index in [1.807, 2.05) is 0 Å². The monoisotopic (exact) mass is 326 g/mol. The van der Waals surface area contributed by atoms with Crippen LogP contribution in [0.15, 0.2) is 42.7 Å². The van der Waals surface area contributed by atoms with E-state index in [-0.39, 0.29) is 5.56 Å². The quantitative estimate of drug-likeness (QED) is 0.766. The van der Waals surface area contributed by atoms with Gasteiger partial charge in [0, 0.05) is 5.56 Å². The highest BCUT2D eigenvalue weighted by Crippen LogP contribution is 2.35. The van der Waals surface area contributed by atoms with Gasteiger partial charge in [0.05, 0.1) is 25.5 Å². The van der Waals surface area contributed by atoms with Crippen molar-refractivity contribution >= 4 is 5.97 Å². The maximum atomic E-state index is 11.5. The predicted octanol–water partition coefficient (Wildman–Crippen LogP) is 2.04. The molecule has 3 aromatic rings. The number of benzene rings is 2. The van der Waals surface area contributed by atoms with Crippen molar-refractivity contribution in [3.05, 3.63) is 48.3 Å². The summed E-state index contributed by atoms with van der Waals surface area (Å²) in [5.74, 6) is 0.185. The summed E-state index contributed by atoms with van der Waals surface area (Å²) in [6.07, 6.45) is 1.40. The van der Waals surface area contributed by atoms with E-state index in [0.29, 0.717) is 28.3 Å². The van der Waals surface area contributed by atoms with Crippen molar-refractivity contribution in [3.8, 4) is 28.3 Å². The molecule has 1 aromatic heterocycles. The van der Waals surface area contributed by atoms with Crippen LogP contribution in [0.2, 0.25) is 0 Å². The summed E-state index contributed by atoms with van der Waals surface area (Å²) in [5.41, 5.74) is 1.99. The zero-order valence-corrected chi connectivity index (χ0v) is 13.0. The first-order valence-electron chi connectivity index (χ1n) is 6.96. The molecule has 8 nitrogen and oxygen atoms in total. The Hall–Kier alpha value is -3.42. The van der Waals surface area contributed by atoms with Crippen molar-refractivity contribution in [3.63, 3.8) is 0 Å². The Morgan fingerprint density at radius 1 is 1.12 bits per heavy atom. The van der Waals surface area contributed by atoms with Gasteiger partial charge in [-0.05, 0) is 52.4 Å². The van der Waals surface area contributed by atoms with Crippen LogP contribution < -0.4 is 9.47 Å². The van der Waals surface area contributed by atoms with E-state index in [1.165, 1.54) is 17.1 Å². The fraction of sp³-hybridized carbons (Fsp3) is 0.125. The zero-order valence-electron chi connectivity index (χ0n) is 13.0. The first kappa shape index (κ1) is 15.5. The number of carboxylic acid groups (broad SMARTS) is 1. The van der Waals surface area contributed by atoms with Gasteiger partial charge in [0.15, 0.2) is 0 Å². The molecular formula is C16H14N4O4. The van der Waals surface area contributed by atoms with Gasteiger partial charge in [0.2, 0.25) is 0 Å². The van der Waals surface area contributed by atoms with Crippen LogP contribution in [0.3, 0.4) is 0 Å². The molecule has 0 radical (unpaired) electrons. The number of hydrogen-bond acceptors (Lipinski definition) is 6. The van der Waals surface area contributed by atoms with Crippen molar-refractivity contribution in [1.82, 2.24) is 20.2 Å². The smallest absolute Gasteiger partial charge is 0.335 e. The van der Waals surface area contributed by atoms with E-state index in [2.05, 4.69) is 15.5 Å².